The van der Waals surface area contributed by atoms with Crippen molar-refractivity contribution in [3.63, 3.8) is 0 Å². The molecule has 0 saturated carbocycles. The Morgan fingerprint density at radius 3 is 2.40 bits per heavy atom. The third-order valence-corrected chi connectivity index (χ3v) is 7.10. The number of carbonyl (C=O) groups excluding carboxylic acids is 2. The van der Waals surface area contributed by atoms with Gasteiger partial charge < -0.3 is 10.1 Å². The zero-order valence-electron chi connectivity index (χ0n) is 17.3. The van der Waals surface area contributed by atoms with Gasteiger partial charge in [-0.1, -0.05) is 18.2 Å². The molecule has 1 N–H and O–H groups in total. The number of esters is 1. The van der Waals surface area contributed by atoms with Gasteiger partial charge in [-0.3, -0.25) is 9.10 Å². The van der Waals surface area contributed by atoms with Gasteiger partial charge in [0.05, 0.1) is 23.0 Å². The molecule has 8 heteroatoms. The Labute approximate surface area is 177 Å². The number of aryl methyl sites for hydroxylation is 2. The minimum Gasteiger partial charge on any atom is -0.452 e. The number of sulfonamides is 1. The summed E-state index contributed by atoms with van der Waals surface area (Å²) >= 11 is 0. The van der Waals surface area contributed by atoms with E-state index in [9.17, 15) is 18.0 Å². The molecule has 30 heavy (non-hydrogen) atoms. The number of nitrogens with zero attached hydrogens (tertiary/aromatic N) is 1. The van der Waals surface area contributed by atoms with Gasteiger partial charge >= 0.3 is 5.97 Å². The number of nitrogens with one attached hydrogen (secondary N) is 1. The molecule has 2 aromatic carbocycles. The molecule has 2 aromatic rings. The molecule has 1 aliphatic rings. The van der Waals surface area contributed by atoms with E-state index in [-0.39, 0.29) is 17.4 Å². The molecular formula is C22H26N2O5S. The molecule has 1 unspecified atom stereocenters. The standard InChI is InChI=1S/C22H26N2O5S/c1-15-5-6-19(13-16(15)2)17(3)23-21(25)14-29-22(26)18-7-9-20(10-8-18)24-11-4-12-30(24,27)28/h5-10,13,17H,4,11-12,14H2,1-3H3,(H,23,25). The number of benzene rings is 2. The number of hydrogen-bond acceptors (Lipinski definition) is 5. The highest BCUT2D eigenvalue weighted by Crippen LogP contribution is 2.24. The number of rotatable bonds is 6. The lowest BCUT2D eigenvalue weighted by molar-refractivity contribution is -0.124. The van der Waals surface area contributed by atoms with Crippen LogP contribution in [-0.4, -0.2) is 39.2 Å². The molecule has 7 nitrogen and oxygen atoms in total. The van der Waals surface area contributed by atoms with Crippen molar-refractivity contribution in [1.29, 1.82) is 0 Å². The third kappa shape index (κ3) is 4.99. The summed E-state index contributed by atoms with van der Waals surface area (Å²) < 4.78 is 30.4. The van der Waals surface area contributed by atoms with Crippen molar-refractivity contribution in [2.24, 2.45) is 0 Å². The van der Waals surface area contributed by atoms with Gasteiger partial charge in [0.25, 0.3) is 5.91 Å². The van der Waals surface area contributed by atoms with Gasteiger partial charge in [-0.25, -0.2) is 13.2 Å². The van der Waals surface area contributed by atoms with Crippen molar-refractivity contribution in [3.8, 4) is 0 Å². The van der Waals surface area contributed by atoms with Gasteiger partial charge in [0.1, 0.15) is 0 Å². The minimum atomic E-state index is -3.27. The van der Waals surface area contributed by atoms with Crippen molar-refractivity contribution < 1.29 is 22.7 Å². The number of hydrogen-bond donors (Lipinski definition) is 1. The van der Waals surface area contributed by atoms with E-state index in [4.69, 9.17) is 4.74 Å². The van der Waals surface area contributed by atoms with E-state index in [0.29, 0.717) is 18.7 Å². The Balaban J connectivity index is 1.53. The van der Waals surface area contributed by atoms with E-state index < -0.39 is 28.5 Å². The average Bonchev–Trinajstić information content (AvgIpc) is 3.07. The molecule has 1 heterocycles. The van der Waals surface area contributed by atoms with Crippen LogP contribution >= 0.6 is 0 Å². The van der Waals surface area contributed by atoms with Crippen LogP contribution < -0.4 is 9.62 Å². The Kier molecular flexibility index (Phi) is 6.45. The van der Waals surface area contributed by atoms with Crippen LogP contribution in [0.2, 0.25) is 0 Å². The predicted octanol–water partition coefficient (Wildman–Crippen LogP) is 2.88. The lowest BCUT2D eigenvalue weighted by Gasteiger charge is -2.17. The summed E-state index contributed by atoms with van der Waals surface area (Å²) in [4.78, 5) is 24.4. The fourth-order valence-corrected chi connectivity index (χ4v) is 4.87. The van der Waals surface area contributed by atoms with Crippen LogP contribution in [0.25, 0.3) is 0 Å². The first-order valence-electron chi connectivity index (χ1n) is 9.81. The smallest absolute Gasteiger partial charge is 0.338 e. The molecule has 0 bridgehead atoms. The van der Waals surface area contributed by atoms with Gasteiger partial charge in [-0.15, -0.1) is 0 Å². The molecule has 1 amide bonds. The van der Waals surface area contributed by atoms with Crippen LogP contribution in [0.4, 0.5) is 5.69 Å². The van der Waals surface area contributed by atoms with Gasteiger partial charge in [0.2, 0.25) is 10.0 Å². The normalized spacial score (nSPS) is 16.2. The average molecular weight is 431 g/mol. The van der Waals surface area contributed by atoms with E-state index >= 15 is 0 Å². The van der Waals surface area contributed by atoms with Crippen LogP contribution in [0.3, 0.4) is 0 Å². The molecule has 160 valence electrons. The lowest BCUT2D eigenvalue weighted by atomic mass is 10.0. The Hall–Kier alpha value is -2.87. The molecule has 0 aliphatic carbocycles. The monoisotopic (exact) mass is 430 g/mol. The number of amides is 1. The highest BCUT2D eigenvalue weighted by atomic mass is 32.2. The largest absolute Gasteiger partial charge is 0.452 e. The first-order valence-corrected chi connectivity index (χ1v) is 11.4. The fourth-order valence-electron chi connectivity index (χ4n) is 3.31. The molecule has 1 aliphatic heterocycles. The first kappa shape index (κ1) is 21.8. The number of carbonyl (C=O) groups is 2. The summed E-state index contributed by atoms with van der Waals surface area (Å²) in [6, 6.07) is 11.9. The van der Waals surface area contributed by atoms with Crippen molar-refractivity contribution in [1.82, 2.24) is 5.32 Å². The van der Waals surface area contributed by atoms with Crippen molar-refractivity contribution >= 4 is 27.6 Å². The van der Waals surface area contributed by atoms with Crippen molar-refractivity contribution in [2.75, 3.05) is 23.2 Å². The number of anilines is 1. The Morgan fingerprint density at radius 2 is 1.80 bits per heavy atom. The molecule has 0 radical (unpaired) electrons. The van der Waals surface area contributed by atoms with Gasteiger partial charge in [-0.05, 0) is 68.1 Å². The molecule has 1 fully saturated rings. The fraction of sp³-hybridized carbons (Fsp3) is 0.364. The van der Waals surface area contributed by atoms with Crippen LogP contribution in [0.15, 0.2) is 42.5 Å². The van der Waals surface area contributed by atoms with Crippen LogP contribution in [0.5, 0.6) is 0 Å². The second-order valence-electron chi connectivity index (χ2n) is 7.50. The third-order valence-electron chi connectivity index (χ3n) is 5.23. The molecule has 1 saturated heterocycles. The maximum absolute atomic E-state index is 12.2. The van der Waals surface area contributed by atoms with Gasteiger partial charge in [0.15, 0.2) is 6.61 Å². The van der Waals surface area contributed by atoms with E-state index in [0.717, 1.165) is 11.1 Å². The maximum atomic E-state index is 12.2. The Morgan fingerprint density at radius 1 is 1.10 bits per heavy atom. The van der Waals surface area contributed by atoms with Crippen LogP contribution in [0, 0.1) is 13.8 Å². The summed E-state index contributed by atoms with van der Waals surface area (Å²) in [5.41, 5.74) is 4.07. The molecule has 0 spiro atoms. The quantitative estimate of drug-likeness (QED) is 0.712. The second kappa shape index (κ2) is 8.87. The van der Waals surface area contributed by atoms with E-state index in [1.807, 2.05) is 39.0 Å². The number of ether oxygens (including phenoxy) is 1. The summed E-state index contributed by atoms with van der Waals surface area (Å²) in [7, 11) is -3.27. The van der Waals surface area contributed by atoms with Crippen molar-refractivity contribution in [2.45, 2.75) is 33.2 Å². The van der Waals surface area contributed by atoms with Crippen LogP contribution in [0.1, 0.15) is 46.4 Å². The van der Waals surface area contributed by atoms with E-state index in [2.05, 4.69) is 5.32 Å². The highest BCUT2D eigenvalue weighted by Gasteiger charge is 2.28. The summed E-state index contributed by atoms with van der Waals surface area (Å²) in [5.74, 6) is -0.902. The summed E-state index contributed by atoms with van der Waals surface area (Å²) in [6.07, 6.45) is 0.585. The van der Waals surface area contributed by atoms with Gasteiger partial charge in [0, 0.05) is 6.54 Å². The maximum Gasteiger partial charge on any atom is 0.338 e. The van der Waals surface area contributed by atoms with Gasteiger partial charge in [-0.2, -0.15) is 0 Å². The zero-order valence-corrected chi connectivity index (χ0v) is 18.2. The lowest BCUT2D eigenvalue weighted by Crippen LogP contribution is -2.31. The molecule has 1 atom stereocenters. The highest BCUT2D eigenvalue weighted by molar-refractivity contribution is 7.93. The molecule has 3 rings (SSSR count). The molecule has 0 aromatic heterocycles. The Bertz CT molecular complexity index is 1050. The molecular weight excluding hydrogens is 404 g/mol. The zero-order chi connectivity index (χ0) is 21.9. The van der Waals surface area contributed by atoms with Crippen LogP contribution in [-0.2, 0) is 19.6 Å². The summed E-state index contributed by atoms with van der Waals surface area (Å²) in [6.45, 7) is 5.95. The first-order chi connectivity index (χ1) is 14.2. The minimum absolute atomic E-state index is 0.131. The SMILES string of the molecule is Cc1ccc(C(C)NC(=O)COC(=O)c2ccc(N3CCCS3(=O)=O)cc2)cc1C. The van der Waals surface area contributed by atoms with E-state index in [1.165, 1.54) is 22.0 Å². The summed E-state index contributed by atoms with van der Waals surface area (Å²) in [5, 5.41) is 2.82. The van der Waals surface area contributed by atoms with E-state index in [1.54, 1.807) is 12.1 Å². The second-order valence-corrected chi connectivity index (χ2v) is 9.51. The topological polar surface area (TPSA) is 92.8 Å². The van der Waals surface area contributed by atoms with Crippen molar-refractivity contribution in [3.05, 3.63) is 64.7 Å². The predicted molar refractivity (Wildman–Crippen MR) is 115 cm³/mol.